The van der Waals surface area contributed by atoms with Gasteiger partial charge in [-0.05, 0) is 70.1 Å². The van der Waals surface area contributed by atoms with Crippen LogP contribution in [-0.4, -0.2) is 40.0 Å². The Bertz CT molecular complexity index is 1180. The van der Waals surface area contributed by atoms with Crippen molar-refractivity contribution in [3.05, 3.63) is 57.8 Å². The maximum Gasteiger partial charge on any atom is 0.265 e. The van der Waals surface area contributed by atoms with Gasteiger partial charge in [-0.3, -0.25) is 14.2 Å². The van der Waals surface area contributed by atoms with E-state index in [2.05, 4.69) is 15.2 Å². The van der Waals surface area contributed by atoms with Crippen LogP contribution in [0.25, 0.3) is 11.1 Å². The molecule has 1 aromatic carbocycles. The fourth-order valence-electron chi connectivity index (χ4n) is 4.04. The highest BCUT2D eigenvalue weighted by atomic mass is 16.3. The number of benzene rings is 1. The predicted molar refractivity (Wildman–Crippen MR) is 117 cm³/mol. The molecule has 3 aromatic rings. The van der Waals surface area contributed by atoms with Crippen LogP contribution in [0.5, 0.6) is 0 Å². The topological polar surface area (TPSA) is 104 Å². The van der Waals surface area contributed by atoms with E-state index in [1.54, 1.807) is 35.8 Å². The van der Waals surface area contributed by atoms with Crippen LogP contribution >= 0.6 is 0 Å². The van der Waals surface area contributed by atoms with E-state index in [9.17, 15) is 9.59 Å². The van der Waals surface area contributed by atoms with Crippen LogP contribution in [0, 0.1) is 18.3 Å². The van der Waals surface area contributed by atoms with Crippen LogP contribution < -0.4 is 10.9 Å². The highest BCUT2D eigenvalue weighted by molar-refractivity contribution is 6.12. The Labute approximate surface area is 180 Å². The van der Waals surface area contributed by atoms with E-state index in [1.807, 2.05) is 6.07 Å². The molecule has 3 heterocycles. The monoisotopic (exact) mass is 419 g/mol. The van der Waals surface area contributed by atoms with Crippen LogP contribution in [0.15, 0.2) is 39.8 Å². The van der Waals surface area contributed by atoms with Crippen LogP contribution in [0.3, 0.4) is 0 Å². The first-order chi connectivity index (χ1) is 15.1. The molecule has 0 unspecified atom stereocenters. The molecule has 0 atom stereocenters. The molecule has 0 bridgehead atoms. The van der Waals surface area contributed by atoms with Gasteiger partial charge in [0.05, 0.1) is 17.2 Å². The summed E-state index contributed by atoms with van der Waals surface area (Å²) in [7, 11) is 0. The summed E-state index contributed by atoms with van der Waals surface area (Å²) in [5.41, 5.74) is 1.12. The fraction of sp³-hybridized carbons (Fsp3) is 0.391. The first-order valence-electron chi connectivity index (χ1n) is 10.6. The molecule has 0 aliphatic carbocycles. The number of piperidine rings is 1. The van der Waals surface area contributed by atoms with Crippen molar-refractivity contribution in [3.8, 4) is 6.07 Å². The average molecular weight is 419 g/mol. The number of carbonyl (C=O) groups excluding carboxylic acids is 1. The highest BCUT2D eigenvalue weighted by Gasteiger charge is 2.23. The van der Waals surface area contributed by atoms with Gasteiger partial charge in [-0.15, -0.1) is 0 Å². The second kappa shape index (κ2) is 9.14. The Morgan fingerprint density at radius 3 is 2.65 bits per heavy atom. The first kappa shape index (κ1) is 20.8. The number of aromatic nitrogens is 2. The van der Waals surface area contributed by atoms with Gasteiger partial charge >= 0.3 is 0 Å². The standard InChI is InChI=1S/C23H25N5O3/c1-16-19(21(29)26-18-8-6-17(14-24)7-9-18)20-22(31-16)25-15-28(23(20)30)13-5-12-27-10-3-2-4-11-27/h6-9,15H,2-5,10-13H2,1H3,(H,26,29). The zero-order valence-electron chi connectivity index (χ0n) is 17.6. The molecule has 1 amide bonds. The Hall–Kier alpha value is -3.44. The molecule has 0 saturated carbocycles. The second-order valence-electron chi connectivity index (χ2n) is 7.86. The van der Waals surface area contributed by atoms with Crippen molar-refractivity contribution in [1.82, 2.24) is 14.5 Å². The normalized spacial score (nSPS) is 14.5. The van der Waals surface area contributed by atoms with Crippen molar-refractivity contribution in [1.29, 1.82) is 5.26 Å². The van der Waals surface area contributed by atoms with Crippen LogP contribution in [0.1, 0.15) is 47.4 Å². The van der Waals surface area contributed by atoms with Crippen molar-refractivity contribution in [2.75, 3.05) is 25.0 Å². The lowest BCUT2D eigenvalue weighted by Crippen LogP contribution is -2.32. The van der Waals surface area contributed by atoms with Gasteiger partial charge in [-0.1, -0.05) is 6.42 Å². The number of furan rings is 1. The van der Waals surface area contributed by atoms with E-state index in [-0.39, 0.29) is 22.2 Å². The van der Waals surface area contributed by atoms with Crippen molar-refractivity contribution < 1.29 is 9.21 Å². The SMILES string of the molecule is Cc1oc2ncn(CCCN3CCCCC3)c(=O)c2c1C(=O)Nc1ccc(C#N)cc1. The molecule has 8 heteroatoms. The third-order valence-electron chi connectivity index (χ3n) is 5.68. The predicted octanol–water partition coefficient (Wildman–Crippen LogP) is 3.30. The van der Waals surface area contributed by atoms with Crippen molar-refractivity contribution >= 4 is 22.7 Å². The smallest absolute Gasteiger partial charge is 0.265 e. The third kappa shape index (κ3) is 4.52. The quantitative estimate of drug-likeness (QED) is 0.657. The summed E-state index contributed by atoms with van der Waals surface area (Å²) in [5, 5.41) is 11.9. The number of hydrogen-bond donors (Lipinski definition) is 1. The molecule has 1 fully saturated rings. The van der Waals surface area contributed by atoms with Gasteiger partial charge in [-0.2, -0.15) is 5.26 Å². The number of hydrogen-bond acceptors (Lipinski definition) is 6. The summed E-state index contributed by atoms with van der Waals surface area (Å²) in [6.45, 7) is 5.37. The zero-order chi connectivity index (χ0) is 21.8. The van der Waals surface area contributed by atoms with Gasteiger partial charge in [0.2, 0.25) is 5.71 Å². The minimum absolute atomic E-state index is 0.166. The number of aryl methyl sites for hydroxylation is 2. The van der Waals surface area contributed by atoms with Crippen molar-refractivity contribution in [3.63, 3.8) is 0 Å². The van der Waals surface area contributed by atoms with Crippen LogP contribution in [0.4, 0.5) is 5.69 Å². The van der Waals surface area contributed by atoms with E-state index < -0.39 is 5.91 Å². The van der Waals surface area contributed by atoms with Gasteiger partial charge in [0.15, 0.2) is 0 Å². The van der Waals surface area contributed by atoms with Crippen LogP contribution in [-0.2, 0) is 6.54 Å². The molecular formula is C23H25N5O3. The molecule has 1 saturated heterocycles. The molecule has 4 rings (SSSR count). The Kier molecular flexibility index (Phi) is 6.14. The minimum Gasteiger partial charge on any atom is -0.442 e. The third-order valence-corrected chi connectivity index (χ3v) is 5.68. The summed E-state index contributed by atoms with van der Waals surface area (Å²) in [4.78, 5) is 32.7. The molecule has 1 aliphatic heterocycles. The summed E-state index contributed by atoms with van der Waals surface area (Å²) >= 11 is 0. The number of anilines is 1. The number of fused-ring (bicyclic) bond motifs is 1. The van der Waals surface area contributed by atoms with E-state index in [1.165, 1.54) is 25.6 Å². The maximum absolute atomic E-state index is 13.1. The Morgan fingerprint density at radius 2 is 1.94 bits per heavy atom. The summed E-state index contributed by atoms with van der Waals surface area (Å²) < 4.78 is 7.15. The number of likely N-dealkylation sites (tertiary alicyclic amines) is 1. The zero-order valence-corrected chi connectivity index (χ0v) is 17.6. The summed E-state index contributed by atoms with van der Waals surface area (Å²) in [5.74, 6) is -0.0947. The molecule has 31 heavy (non-hydrogen) atoms. The van der Waals surface area contributed by atoms with Crippen LogP contribution in [0.2, 0.25) is 0 Å². The Balaban J connectivity index is 1.54. The Morgan fingerprint density at radius 1 is 1.19 bits per heavy atom. The molecule has 1 N–H and O–H groups in total. The highest BCUT2D eigenvalue weighted by Crippen LogP contribution is 2.22. The summed E-state index contributed by atoms with van der Waals surface area (Å²) in [6.07, 6.45) is 6.10. The molecule has 8 nitrogen and oxygen atoms in total. The number of rotatable bonds is 6. The van der Waals surface area contributed by atoms with Crippen molar-refractivity contribution in [2.24, 2.45) is 0 Å². The van der Waals surface area contributed by atoms with E-state index in [0.717, 1.165) is 26.1 Å². The van der Waals surface area contributed by atoms with Gasteiger partial charge in [0, 0.05) is 12.2 Å². The number of nitrogens with zero attached hydrogens (tertiary/aromatic N) is 4. The van der Waals surface area contributed by atoms with E-state index >= 15 is 0 Å². The molecule has 160 valence electrons. The molecule has 0 radical (unpaired) electrons. The molecule has 1 aliphatic rings. The molecule has 2 aromatic heterocycles. The lowest BCUT2D eigenvalue weighted by molar-refractivity contribution is 0.102. The number of carbonyl (C=O) groups is 1. The van der Waals surface area contributed by atoms with Gasteiger partial charge < -0.3 is 14.6 Å². The second-order valence-corrected chi connectivity index (χ2v) is 7.86. The van der Waals surface area contributed by atoms with Gasteiger partial charge in [-0.25, -0.2) is 4.98 Å². The van der Waals surface area contributed by atoms with E-state index in [0.29, 0.717) is 23.6 Å². The fourth-order valence-corrected chi connectivity index (χ4v) is 4.04. The first-order valence-corrected chi connectivity index (χ1v) is 10.6. The van der Waals surface area contributed by atoms with Gasteiger partial charge in [0.25, 0.3) is 11.5 Å². The number of amides is 1. The van der Waals surface area contributed by atoms with E-state index in [4.69, 9.17) is 9.68 Å². The molecule has 0 spiro atoms. The lowest BCUT2D eigenvalue weighted by Gasteiger charge is -2.26. The average Bonchev–Trinajstić information content (AvgIpc) is 3.13. The lowest BCUT2D eigenvalue weighted by atomic mass is 10.1. The minimum atomic E-state index is -0.439. The van der Waals surface area contributed by atoms with Crippen molar-refractivity contribution in [2.45, 2.75) is 39.2 Å². The largest absolute Gasteiger partial charge is 0.442 e. The maximum atomic E-state index is 13.1. The van der Waals surface area contributed by atoms with Gasteiger partial charge in [0.1, 0.15) is 17.5 Å². The number of nitrogens with one attached hydrogen (secondary N) is 1. The molecular weight excluding hydrogens is 394 g/mol. The summed E-state index contributed by atoms with van der Waals surface area (Å²) in [6, 6.07) is 8.56. The number of nitriles is 1.